The Bertz CT molecular complexity index is 546. The van der Waals surface area contributed by atoms with E-state index in [-0.39, 0.29) is 0 Å². The van der Waals surface area contributed by atoms with Crippen LogP contribution in [-0.2, 0) is 11.3 Å². The Balaban J connectivity index is 2.35. The van der Waals surface area contributed by atoms with Crippen molar-refractivity contribution in [2.75, 3.05) is 6.61 Å². The highest BCUT2D eigenvalue weighted by Gasteiger charge is 2.06. The van der Waals surface area contributed by atoms with Gasteiger partial charge in [0, 0.05) is 23.3 Å². The van der Waals surface area contributed by atoms with Gasteiger partial charge in [0.05, 0.1) is 5.69 Å². The maximum Gasteiger partial charge on any atom is 0.156 e. The number of hydrogen-bond acceptors (Lipinski definition) is 3. The second-order valence-corrected chi connectivity index (χ2v) is 4.46. The van der Waals surface area contributed by atoms with Crippen molar-refractivity contribution in [3.63, 3.8) is 0 Å². The lowest BCUT2D eigenvalue weighted by atomic mass is 10.1. The van der Waals surface area contributed by atoms with Crippen LogP contribution in [0.4, 0.5) is 0 Å². The highest BCUT2D eigenvalue weighted by Crippen LogP contribution is 2.23. The summed E-state index contributed by atoms with van der Waals surface area (Å²) in [6.07, 6.45) is 0. The highest BCUT2D eigenvalue weighted by molar-refractivity contribution is 6.31. The van der Waals surface area contributed by atoms with Crippen molar-refractivity contribution in [2.45, 2.75) is 13.5 Å². The van der Waals surface area contributed by atoms with E-state index in [0.29, 0.717) is 29.2 Å². The summed E-state index contributed by atoms with van der Waals surface area (Å²) in [5.74, 6) is 0.569. The van der Waals surface area contributed by atoms with E-state index < -0.39 is 0 Å². The van der Waals surface area contributed by atoms with E-state index in [2.05, 4.69) is 9.97 Å². The first-order valence-corrected chi connectivity index (χ1v) is 6.32. The Morgan fingerprint density at radius 2 is 2.00 bits per heavy atom. The number of aromatic nitrogens is 2. The minimum atomic E-state index is 0.352. The van der Waals surface area contributed by atoms with Crippen molar-refractivity contribution in [3.8, 4) is 11.3 Å². The normalized spacial score (nSPS) is 10.6. The molecule has 0 aliphatic carbocycles. The van der Waals surface area contributed by atoms with E-state index in [0.717, 1.165) is 11.3 Å². The molecule has 0 aliphatic heterocycles. The monoisotopic (exact) mass is 282 g/mol. The highest BCUT2D eigenvalue weighted by atomic mass is 35.5. The smallest absolute Gasteiger partial charge is 0.156 e. The molecule has 0 N–H and O–H groups in total. The predicted octanol–water partition coefficient (Wildman–Crippen LogP) is 3.99. The van der Waals surface area contributed by atoms with Crippen molar-refractivity contribution < 1.29 is 4.74 Å². The van der Waals surface area contributed by atoms with E-state index in [1.165, 1.54) is 0 Å². The SMILES string of the molecule is CCOCc1nc(Cl)cc(-c2cccc(Cl)c2)n1. The fourth-order valence-corrected chi connectivity index (χ4v) is 1.91. The Morgan fingerprint density at radius 3 is 2.72 bits per heavy atom. The maximum absolute atomic E-state index is 5.98. The van der Waals surface area contributed by atoms with E-state index in [9.17, 15) is 0 Å². The zero-order valence-electron chi connectivity index (χ0n) is 9.86. The summed E-state index contributed by atoms with van der Waals surface area (Å²) in [5.41, 5.74) is 1.65. The third-order valence-corrected chi connectivity index (χ3v) is 2.73. The first kappa shape index (κ1) is 13.3. The van der Waals surface area contributed by atoms with Gasteiger partial charge >= 0.3 is 0 Å². The van der Waals surface area contributed by atoms with E-state index in [1.807, 2.05) is 31.2 Å². The van der Waals surface area contributed by atoms with Crippen LogP contribution in [0, 0.1) is 0 Å². The summed E-state index contributed by atoms with van der Waals surface area (Å²) >= 11 is 11.9. The average molecular weight is 283 g/mol. The largest absolute Gasteiger partial charge is 0.374 e. The molecule has 0 amide bonds. The van der Waals surface area contributed by atoms with Crippen molar-refractivity contribution in [3.05, 3.63) is 46.3 Å². The molecule has 0 atom stereocenters. The van der Waals surface area contributed by atoms with Crippen molar-refractivity contribution in [1.82, 2.24) is 9.97 Å². The zero-order chi connectivity index (χ0) is 13.0. The van der Waals surface area contributed by atoms with E-state index in [1.54, 1.807) is 6.07 Å². The predicted molar refractivity (Wildman–Crippen MR) is 72.8 cm³/mol. The quantitative estimate of drug-likeness (QED) is 0.796. The lowest BCUT2D eigenvalue weighted by molar-refractivity contribution is 0.128. The molecule has 0 spiro atoms. The van der Waals surface area contributed by atoms with Gasteiger partial charge in [-0.25, -0.2) is 9.97 Å². The second kappa shape index (κ2) is 6.14. The van der Waals surface area contributed by atoms with Gasteiger partial charge in [-0.15, -0.1) is 0 Å². The minimum Gasteiger partial charge on any atom is -0.374 e. The van der Waals surface area contributed by atoms with Crippen LogP contribution in [0.2, 0.25) is 10.2 Å². The number of ether oxygens (including phenoxy) is 1. The lowest BCUT2D eigenvalue weighted by Gasteiger charge is -2.05. The van der Waals surface area contributed by atoms with Crippen LogP contribution in [0.25, 0.3) is 11.3 Å². The van der Waals surface area contributed by atoms with Gasteiger partial charge in [-0.3, -0.25) is 0 Å². The fraction of sp³-hybridized carbons (Fsp3) is 0.231. The van der Waals surface area contributed by atoms with Crippen LogP contribution in [0.1, 0.15) is 12.7 Å². The summed E-state index contributed by atoms with van der Waals surface area (Å²) < 4.78 is 5.28. The molecule has 0 saturated carbocycles. The van der Waals surface area contributed by atoms with Gasteiger partial charge in [0.25, 0.3) is 0 Å². The molecule has 1 heterocycles. The van der Waals surface area contributed by atoms with Crippen LogP contribution in [0.3, 0.4) is 0 Å². The van der Waals surface area contributed by atoms with E-state index in [4.69, 9.17) is 27.9 Å². The Hall–Kier alpha value is -1.16. The number of rotatable bonds is 4. The molecule has 0 bridgehead atoms. The van der Waals surface area contributed by atoms with Crippen molar-refractivity contribution in [1.29, 1.82) is 0 Å². The topological polar surface area (TPSA) is 35.0 Å². The van der Waals surface area contributed by atoms with Gasteiger partial charge in [0.15, 0.2) is 5.82 Å². The molecular formula is C13H12Cl2N2O. The fourth-order valence-electron chi connectivity index (χ4n) is 1.52. The first-order chi connectivity index (χ1) is 8.69. The summed E-state index contributed by atoms with van der Waals surface area (Å²) in [7, 11) is 0. The summed E-state index contributed by atoms with van der Waals surface area (Å²) in [6.45, 7) is 2.88. The number of hydrogen-bond donors (Lipinski definition) is 0. The van der Waals surface area contributed by atoms with Gasteiger partial charge in [-0.2, -0.15) is 0 Å². The zero-order valence-corrected chi connectivity index (χ0v) is 11.4. The lowest BCUT2D eigenvalue weighted by Crippen LogP contribution is -2.00. The van der Waals surface area contributed by atoms with Gasteiger partial charge in [-0.05, 0) is 19.1 Å². The van der Waals surface area contributed by atoms with Gasteiger partial charge in [0.1, 0.15) is 11.8 Å². The minimum absolute atomic E-state index is 0.352. The number of benzene rings is 1. The Labute approximate surface area is 116 Å². The first-order valence-electron chi connectivity index (χ1n) is 5.56. The van der Waals surface area contributed by atoms with Gasteiger partial charge in [0.2, 0.25) is 0 Å². The van der Waals surface area contributed by atoms with Crippen LogP contribution >= 0.6 is 23.2 Å². The molecule has 1 aromatic heterocycles. The van der Waals surface area contributed by atoms with Gasteiger partial charge in [-0.1, -0.05) is 35.3 Å². The van der Waals surface area contributed by atoms with Crippen LogP contribution in [0.5, 0.6) is 0 Å². The average Bonchev–Trinajstić information content (AvgIpc) is 2.36. The molecule has 0 fully saturated rings. The van der Waals surface area contributed by atoms with Crippen molar-refractivity contribution in [2.24, 2.45) is 0 Å². The standard InChI is InChI=1S/C13H12Cl2N2O/c1-2-18-8-13-16-11(7-12(15)17-13)9-4-3-5-10(14)6-9/h3-7H,2,8H2,1H3. The summed E-state index contributed by atoms with van der Waals surface area (Å²) in [4.78, 5) is 8.52. The van der Waals surface area contributed by atoms with Crippen LogP contribution in [-0.4, -0.2) is 16.6 Å². The third-order valence-electron chi connectivity index (χ3n) is 2.30. The second-order valence-electron chi connectivity index (χ2n) is 3.64. The molecule has 2 aromatic rings. The third kappa shape index (κ3) is 3.42. The van der Waals surface area contributed by atoms with E-state index >= 15 is 0 Å². The molecule has 5 heteroatoms. The molecule has 0 aliphatic rings. The molecule has 18 heavy (non-hydrogen) atoms. The molecule has 3 nitrogen and oxygen atoms in total. The molecule has 0 radical (unpaired) electrons. The Morgan fingerprint density at radius 1 is 1.17 bits per heavy atom. The summed E-state index contributed by atoms with van der Waals surface area (Å²) in [5, 5.41) is 1.06. The van der Waals surface area contributed by atoms with Gasteiger partial charge < -0.3 is 4.74 Å². The van der Waals surface area contributed by atoms with Crippen LogP contribution in [0.15, 0.2) is 30.3 Å². The maximum atomic E-state index is 5.98. The Kier molecular flexibility index (Phi) is 4.53. The van der Waals surface area contributed by atoms with Crippen molar-refractivity contribution >= 4 is 23.2 Å². The van der Waals surface area contributed by atoms with Crippen LogP contribution < -0.4 is 0 Å². The number of nitrogens with zero attached hydrogens (tertiary/aromatic N) is 2. The summed E-state index contributed by atoms with van der Waals surface area (Å²) in [6, 6.07) is 9.16. The molecule has 1 aromatic carbocycles. The number of halogens is 2. The molecular weight excluding hydrogens is 271 g/mol. The molecule has 0 saturated heterocycles. The molecule has 2 rings (SSSR count). The molecule has 94 valence electrons. The molecule has 0 unspecified atom stereocenters.